The van der Waals surface area contributed by atoms with Gasteiger partial charge in [0, 0.05) is 12.1 Å². The number of nitriles is 1. The molecule has 0 fully saturated rings. The van der Waals surface area contributed by atoms with Crippen LogP contribution in [0, 0.1) is 29.0 Å². The number of amides is 2. The van der Waals surface area contributed by atoms with Gasteiger partial charge in [0.25, 0.3) is 11.8 Å². The fourth-order valence-electron chi connectivity index (χ4n) is 3.75. The zero-order valence-electron chi connectivity index (χ0n) is 21.2. The third-order valence-electron chi connectivity index (χ3n) is 5.78. The summed E-state index contributed by atoms with van der Waals surface area (Å²) in [5.41, 5.74) is -2.09. The lowest BCUT2D eigenvalue weighted by Gasteiger charge is -2.08. The molecule has 42 heavy (non-hydrogen) atoms. The lowest BCUT2D eigenvalue weighted by Crippen LogP contribution is -2.17. The van der Waals surface area contributed by atoms with Crippen LogP contribution in [-0.4, -0.2) is 34.0 Å². The van der Waals surface area contributed by atoms with Crippen molar-refractivity contribution in [3.63, 3.8) is 0 Å². The first kappa shape index (κ1) is 28.6. The Balaban J connectivity index is 1.63. The van der Waals surface area contributed by atoms with Gasteiger partial charge in [-0.2, -0.15) is 5.26 Å². The SMILES string of the molecule is N#Cc1ccc(F)c(NC(=O)c2cc([N+]#Cc3cccc(NC(=O)c4ccccc4C(=O)O)c3F)ccc2C(=O)O)c1. The number of carbonyl (C=O) groups excluding carboxylic acids is 2. The standard InChI is InChI=1S/C30H16F2N4O6/c31-23-11-8-16(14-33)12-25(23)36-28(38)22-13-18(9-10-21(22)30(41)42)34-15-17-4-3-7-24(26(17)32)35-27(37)19-5-1-2-6-20(19)29(39)40/h1-13H,(H3-,35,36,37,38,39,40,41,42)/p+1. The van der Waals surface area contributed by atoms with Gasteiger partial charge in [-0.1, -0.05) is 18.2 Å². The Bertz CT molecular complexity index is 1890. The lowest BCUT2D eigenvalue weighted by atomic mass is 10.1. The van der Waals surface area contributed by atoms with Gasteiger partial charge in [-0.3, -0.25) is 9.59 Å². The molecule has 0 aliphatic carbocycles. The molecule has 0 aliphatic heterocycles. The van der Waals surface area contributed by atoms with Gasteiger partial charge in [0.2, 0.25) is 0 Å². The van der Waals surface area contributed by atoms with Gasteiger partial charge in [-0.25, -0.2) is 18.4 Å². The molecule has 12 heteroatoms. The highest BCUT2D eigenvalue weighted by Crippen LogP contribution is 2.24. The van der Waals surface area contributed by atoms with Crippen molar-refractivity contribution < 1.29 is 38.2 Å². The summed E-state index contributed by atoms with van der Waals surface area (Å²) < 4.78 is 29.3. The average Bonchev–Trinajstić information content (AvgIpc) is 2.98. The van der Waals surface area contributed by atoms with Crippen LogP contribution < -0.4 is 10.6 Å². The number of nitrogens with one attached hydrogen (secondary N) is 2. The van der Waals surface area contributed by atoms with Crippen molar-refractivity contribution in [1.82, 2.24) is 0 Å². The van der Waals surface area contributed by atoms with E-state index in [1.165, 1.54) is 54.6 Å². The van der Waals surface area contributed by atoms with Crippen LogP contribution in [0.4, 0.5) is 25.8 Å². The highest BCUT2D eigenvalue weighted by Gasteiger charge is 2.22. The molecule has 0 saturated heterocycles. The molecule has 4 N–H and O–H groups in total. The van der Waals surface area contributed by atoms with Crippen molar-refractivity contribution in [3.05, 3.63) is 129 Å². The van der Waals surface area contributed by atoms with E-state index in [4.69, 9.17) is 5.26 Å². The van der Waals surface area contributed by atoms with Crippen LogP contribution in [0.1, 0.15) is 52.6 Å². The number of carboxylic acids is 2. The third kappa shape index (κ3) is 6.25. The summed E-state index contributed by atoms with van der Waals surface area (Å²) in [6.45, 7) is 0. The van der Waals surface area contributed by atoms with Crippen LogP contribution in [0.2, 0.25) is 0 Å². The summed E-state index contributed by atoms with van der Waals surface area (Å²) in [7, 11) is 0. The van der Waals surface area contributed by atoms with Crippen molar-refractivity contribution in [2.75, 3.05) is 10.6 Å². The topological polar surface area (TPSA) is 161 Å². The van der Waals surface area contributed by atoms with Gasteiger partial charge in [-0.05, 0) is 53.4 Å². The molecular weight excluding hydrogens is 550 g/mol. The summed E-state index contributed by atoms with van der Waals surface area (Å²) in [5.74, 6) is -6.46. The fraction of sp³-hybridized carbons (Fsp3) is 0. The van der Waals surface area contributed by atoms with E-state index < -0.39 is 46.5 Å². The minimum absolute atomic E-state index is 0.0133. The van der Waals surface area contributed by atoms with Gasteiger partial charge in [0.1, 0.15) is 11.4 Å². The summed E-state index contributed by atoms with van der Waals surface area (Å²) >= 11 is 0. The number of aromatic carboxylic acids is 2. The summed E-state index contributed by atoms with van der Waals surface area (Å²) in [6.07, 6.45) is 0. The number of anilines is 2. The van der Waals surface area contributed by atoms with Gasteiger partial charge < -0.3 is 20.8 Å². The van der Waals surface area contributed by atoms with Crippen molar-refractivity contribution in [2.24, 2.45) is 0 Å². The van der Waals surface area contributed by atoms with E-state index in [1.54, 1.807) is 6.07 Å². The summed E-state index contributed by atoms with van der Waals surface area (Å²) in [6, 6.07) is 20.2. The number of nitrogens with zero attached hydrogens (tertiary/aromatic N) is 2. The van der Waals surface area contributed by atoms with Crippen molar-refractivity contribution in [2.45, 2.75) is 0 Å². The zero-order valence-corrected chi connectivity index (χ0v) is 21.2. The van der Waals surface area contributed by atoms with E-state index >= 15 is 4.39 Å². The highest BCUT2D eigenvalue weighted by atomic mass is 19.1. The van der Waals surface area contributed by atoms with Crippen LogP contribution in [0.3, 0.4) is 0 Å². The molecule has 0 bridgehead atoms. The molecule has 0 radical (unpaired) electrons. The second-order valence-corrected chi connectivity index (χ2v) is 8.49. The Hall–Kier alpha value is -6.40. The smallest absolute Gasteiger partial charge is 0.341 e. The molecule has 0 aliphatic rings. The fourth-order valence-corrected chi connectivity index (χ4v) is 3.75. The number of hydrogen-bond acceptors (Lipinski definition) is 5. The molecule has 0 unspecified atom stereocenters. The summed E-state index contributed by atoms with van der Waals surface area (Å²) in [4.78, 5) is 52.6. The quantitative estimate of drug-likeness (QED) is 0.231. The Labute approximate surface area is 235 Å². The Morgan fingerprint density at radius 2 is 1.36 bits per heavy atom. The highest BCUT2D eigenvalue weighted by molar-refractivity contribution is 6.12. The maximum atomic E-state index is 15.2. The minimum Gasteiger partial charge on any atom is -0.478 e. The average molecular weight is 567 g/mol. The first-order valence-corrected chi connectivity index (χ1v) is 11.9. The van der Waals surface area contributed by atoms with Gasteiger partial charge >= 0.3 is 23.7 Å². The van der Waals surface area contributed by atoms with Gasteiger partial charge in [0.05, 0.1) is 45.3 Å². The Morgan fingerprint density at radius 1 is 0.714 bits per heavy atom. The molecule has 2 amide bonds. The van der Waals surface area contributed by atoms with E-state index in [1.807, 2.05) is 0 Å². The monoisotopic (exact) mass is 567 g/mol. The van der Waals surface area contributed by atoms with Crippen LogP contribution in [-0.2, 0) is 0 Å². The molecule has 10 nitrogen and oxygen atoms in total. The Morgan fingerprint density at radius 3 is 2.05 bits per heavy atom. The molecule has 0 heterocycles. The molecule has 4 rings (SSSR count). The number of halogens is 2. The second kappa shape index (κ2) is 12.2. The molecule has 4 aromatic carbocycles. The zero-order chi connectivity index (χ0) is 30.4. The number of carbonyl (C=O) groups is 4. The van der Waals surface area contributed by atoms with E-state index in [2.05, 4.69) is 21.5 Å². The predicted octanol–water partition coefficient (Wildman–Crippen LogP) is 5.75. The molecule has 4 aromatic rings. The third-order valence-corrected chi connectivity index (χ3v) is 5.78. The largest absolute Gasteiger partial charge is 0.478 e. The van der Waals surface area contributed by atoms with Crippen LogP contribution >= 0.6 is 0 Å². The maximum Gasteiger partial charge on any atom is 0.341 e. The lowest BCUT2D eigenvalue weighted by molar-refractivity contribution is 0.0683. The van der Waals surface area contributed by atoms with Crippen LogP contribution in [0.25, 0.3) is 4.85 Å². The van der Waals surface area contributed by atoms with Gasteiger partial charge in [-0.15, -0.1) is 0 Å². The Kier molecular flexibility index (Phi) is 8.30. The van der Waals surface area contributed by atoms with Gasteiger partial charge in [0.15, 0.2) is 5.82 Å². The van der Waals surface area contributed by atoms with Crippen LogP contribution in [0.15, 0.2) is 78.9 Å². The molecular formula is C30H17F2N4O6+. The van der Waals surface area contributed by atoms with Crippen molar-refractivity contribution in [3.8, 4) is 12.1 Å². The van der Waals surface area contributed by atoms with E-state index in [9.17, 15) is 33.8 Å². The molecule has 0 saturated carbocycles. The molecule has 0 spiro atoms. The molecule has 0 aromatic heterocycles. The first-order chi connectivity index (χ1) is 20.1. The normalized spacial score (nSPS) is 10.0. The van der Waals surface area contributed by atoms with Crippen molar-refractivity contribution >= 4 is 40.8 Å². The minimum atomic E-state index is -1.45. The maximum absolute atomic E-state index is 15.2. The molecule has 0 atom stereocenters. The first-order valence-electron chi connectivity index (χ1n) is 11.9. The predicted molar refractivity (Wildman–Crippen MR) is 146 cm³/mol. The summed E-state index contributed by atoms with van der Waals surface area (Å²) in [5, 5.41) is 32.4. The van der Waals surface area contributed by atoms with Crippen LogP contribution in [0.5, 0.6) is 0 Å². The number of rotatable bonds is 6. The molecule has 206 valence electrons. The second-order valence-electron chi connectivity index (χ2n) is 8.49. The van der Waals surface area contributed by atoms with Crippen molar-refractivity contribution in [1.29, 1.82) is 5.26 Å². The van der Waals surface area contributed by atoms with E-state index in [0.717, 1.165) is 24.3 Å². The van der Waals surface area contributed by atoms with E-state index in [0.29, 0.717) is 0 Å². The van der Waals surface area contributed by atoms with E-state index in [-0.39, 0.29) is 39.3 Å². The number of benzene rings is 4. The number of carboxylic acid groups (broad SMARTS) is 2. The number of hydrogen-bond donors (Lipinski definition) is 4.